The lowest BCUT2D eigenvalue weighted by Crippen LogP contribution is -2.49. The van der Waals surface area contributed by atoms with E-state index in [1.807, 2.05) is 43.0 Å². The molecule has 3 aromatic rings. The molecule has 1 aliphatic rings. The molecule has 0 amide bonds. The molecule has 1 fully saturated rings. The highest BCUT2D eigenvalue weighted by Crippen LogP contribution is 2.24. The smallest absolute Gasteiger partial charge is 0.323 e. The van der Waals surface area contributed by atoms with E-state index in [9.17, 15) is 8.42 Å². The van der Waals surface area contributed by atoms with Crippen LogP contribution in [0, 0.1) is 6.92 Å². The van der Waals surface area contributed by atoms with Gasteiger partial charge in [-0.25, -0.2) is 8.42 Å². The number of anilines is 3. The molecule has 4 rings (SSSR count). The first kappa shape index (κ1) is 23.2. The summed E-state index contributed by atoms with van der Waals surface area (Å²) >= 11 is 5.98. The fourth-order valence-electron chi connectivity index (χ4n) is 3.49. The fourth-order valence-corrected chi connectivity index (χ4v) is 5.22. The average Bonchev–Trinajstić information content (AvgIpc) is 2.79. The monoisotopic (exact) mass is 488 g/mol. The minimum Gasteiger partial charge on any atom is -0.464 e. The number of aryl methyl sites for hydroxylation is 1. The van der Waals surface area contributed by atoms with Crippen LogP contribution in [0.1, 0.15) is 12.5 Å². The number of ether oxygens (including phenoxy) is 1. The number of piperazine rings is 1. The van der Waals surface area contributed by atoms with Gasteiger partial charge in [-0.05, 0) is 49.7 Å². The van der Waals surface area contributed by atoms with Crippen LogP contribution in [0.15, 0.2) is 53.4 Å². The SMILES string of the molecule is CCOc1nc(Nc2cccc(C)c2)nc(N2CCN(S(=O)(=O)c3cccc(Cl)c3)CC2)n1. The molecule has 0 unspecified atom stereocenters. The number of rotatable bonds is 7. The minimum atomic E-state index is -3.63. The lowest BCUT2D eigenvalue weighted by molar-refractivity contribution is 0.311. The van der Waals surface area contributed by atoms with E-state index in [1.165, 1.54) is 10.4 Å². The van der Waals surface area contributed by atoms with Crippen molar-refractivity contribution in [1.82, 2.24) is 19.3 Å². The Bertz CT molecular complexity index is 1230. The maximum atomic E-state index is 13.0. The zero-order chi connectivity index (χ0) is 23.4. The van der Waals surface area contributed by atoms with E-state index in [0.717, 1.165) is 11.3 Å². The van der Waals surface area contributed by atoms with Gasteiger partial charge in [-0.15, -0.1) is 0 Å². The molecule has 1 N–H and O–H groups in total. The van der Waals surface area contributed by atoms with Crippen molar-refractivity contribution in [1.29, 1.82) is 0 Å². The van der Waals surface area contributed by atoms with Gasteiger partial charge in [-0.2, -0.15) is 19.3 Å². The molecule has 1 aliphatic heterocycles. The highest BCUT2D eigenvalue weighted by molar-refractivity contribution is 7.89. The molecule has 0 radical (unpaired) electrons. The molecule has 0 spiro atoms. The van der Waals surface area contributed by atoms with E-state index in [0.29, 0.717) is 49.7 Å². The van der Waals surface area contributed by atoms with Crippen molar-refractivity contribution in [3.05, 3.63) is 59.1 Å². The highest BCUT2D eigenvalue weighted by Gasteiger charge is 2.30. The Labute approximate surface area is 198 Å². The van der Waals surface area contributed by atoms with Crippen LogP contribution in [0.3, 0.4) is 0 Å². The van der Waals surface area contributed by atoms with E-state index in [4.69, 9.17) is 16.3 Å². The third kappa shape index (κ3) is 5.52. The summed E-state index contributed by atoms with van der Waals surface area (Å²) in [7, 11) is -3.63. The zero-order valence-electron chi connectivity index (χ0n) is 18.4. The molecule has 2 heterocycles. The van der Waals surface area contributed by atoms with Crippen molar-refractivity contribution in [3.63, 3.8) is 0 Å². The molecule has 1 aromatic heterocycles. The second kappa shape index (κ2) is 9.90. The highest BCUT2D eigenvalue weighted by atomic mass is 35.5. The van der Waals surface area contributed by atoms with Gasteiger partial charge in [0.15, 0.2) is 0 Å². The van der Waals surface area contributed by atoms with Gasteiger partial charge in [-0.3, -0.25) is 0 Å². The number of hydrogen-bond acceptors (Lipinski definition) is 8. The average molecular weight is 489 g/mol. The van der Waals surface area contributed by atoms with Crippen molar-refractivity contribution in [2.24, 2.45) is 0 Å². The van der Waals surface area contributed by atoms with Crippen LogP contribution < -0.4 is 15.0 Å². The topological polar surface area (TPSA) is 101 Å². The molecular formula is C22H25ClN6O3S. The van der Waals surface area contributed by atoms with Crippen molar-refractivity contribution in [2.75, 3.05) is 43.0 Å². The van der Waals surface area contributed by atoms with E-state index in [-0.39, 0.29) is 10.9 Å². The van der Waals surface area contributed by atoms with Crippen molar-refractivity contribution < 1.29 is 13.2 Å². The lowest BCUT2D eigenvalue weighted by Gasteiger charge is -2.34. The second-order valence-electron chi connectivity index (χ2n) is 7.52. The van der Waals surface area contributed by atoms with Crippen molar-refractivity contribution in [3.8, 4) is 6.01 Å². The fraction of sp³-hybridized carbons (Fsp3) is 0.318. The molecule has 11 heteroatoms. The summed E-state index contributed by atoms with van der Waals surface area (Å²) in [4.78, 5) is 15.4. The maximum Gasteiger partial charge on any atom is 0.323 e. The minimum absolute atomic E-state index is 0.187. The number of nitrogens with one attached hydrogen (secondary N) is 1. The summed E-state index contributed by atoms with van der Waals surface area (Å²) < 4.78 is 33.0. The maximum absolute atomic E-state index is 13.0. The number of benzene rings is 2. The Morgan fingerprint density at radius 2 is 1.79 bits per heavy atom. The molecule has 1 saturated heterocycles. The Morgan fingerprint density at radius 1 is 1.03 bits per heavy atom. The van der Waals surface area contributed by atoms with Crippen LogP contribution in [0.2, 0.25) is 5.02 Å². The quantitative estimate of drug-likeness (QED) is 0.539. The normalized spacial score (nSPS) is 14.8. The Hall–Kier alpha value is -2.95. The predicted molar refractivity (Wildman–Crippen MR) is 128 cm³/mol. The molecule has 0 saturated carbocycles. The number of halogens is 1. The van der Waals surface area contributed by atoms with Gasteiger partial charge in [0.25, 0.3) is 0 Å². The van der Waals surface area contributed by atoms with Crippen LogP contribution in [0.5, 0.6) is 6.01 Å². The van der Waals surface area contributed by atoms with Gasteiger partial charge >= 0.3 is 6.01 Å². The third-order valence-corrected chi connectivity index (χ3v) is 7.24. The largest absolute Gasteiger partial charge is 0.464 e. The van der Waals surface area contributed by atoms with Crippen LogP contribution in [-0.2, 0) is 10.0 Å². The number of sulfonamides is 1. The van der Waals surface area contributed by atoms with E-state index in [1.54, 1.807) is 18.2 Å². The molecule has 0 aliphatic carbocycles. The number of aromatic nitrogens is 3. The zero-order valence-corrected chi connectivity index (χ0v) is 20.0. The predicted octanol–water partition coefficient (Wildman–Crippen LogP) is 3.49. The first-order valence-corrected chi connectivity index (χ1v) is 12.4. The van der Waals surface area contributed by atoms with Crippen molar-refractivity contribution >= 4 is 39.2 Å². The summed E-state index contributed by atoms with van der Waals surface area (Å²) in [5.74, 6) is 0.798. The van der Waals surface area contributed by atoms with Crippen LogP contribution in [0.4, 0.5) is 17.6 Å². The Balaban J connectivity index is 1.52. The summed E-state index contributed by atoms with van der Waals surface area (Å²) in [6, 6.07) is 14.4. The van der Waals surface area contributed by atoms with Crippen LogP contribution in [0.25, 0.3) is 0 Å². The summed E-state index contributed by atoms with van der Waals surface area (Å²) in [5, 5.41) is 3.58. The molecule has 33 heavy (non-hydrogen) atoms. The number of nitrogens with zero attached hydrogens (tertiary/aromatic N) is 5. The molecule has 0 bridgehead atoms. The van der Waals surface area contributed by atoms with E-state index >= 15 is 0 Å². The third-order valence-electron chi connectivity index (χ3n) is 5.11. The van der Waals surface area contributed by atoms with E-state index < -0.39 is 10.0 Å². The van der Waals surface area contributed by atoms with Crippen LogP contribution in [-0.4, -0.2) is 60.5 Å². The van der Waals surface area contributed by atoms with Crippen LogP contribution >= 0.6 is 11.6 Å². The summed E-state index contributed by atoms with van der Waals surface area (Å²) in [6.07, 6.45) is 0. The molecule has 2 aromatic carbocycles. The van der Waals surface area contributed by atoms with Gasteiger partial charge in [0, 0.05) is 36.9 Å². The van der Waals surface area contributed by atoms with Gasteiger partial charge in [-0.1, -0.05) is 29.8 Å². The number of hydrogen-bond donors (Lipinski definition) is 1. The Kier molecular flexibility index (Phi) is 6.96. The summed E-state index contributed by atoms with van der Waals surface area (Å²) in [6.45, 7) is 5.73. The standard InChI is InChI=1S/C22H25ClN6O3S/c1-3-32-22-26-20(24-18-8-4-6-16(2)14-18)25-21(27-22)28-10-12-29(13-11-28)33(30,31)19-9-5-7-17(23)15-19/h4-9,14-15H,3,10-13H2,1-2H3,(H,24,25,26,27). The van der Waals surface area contributed by atoms with Crippen molar-refractivity contribution in [2.45, 2.75) is 18.7 Å². The lowest BCUT2D eigenvalue weighted by atomic mass is 10.2. The molecular weight excluding hydrogens is 464 g/mol. The first-order valence-electron chi connectivity index (χ1n) is 10.6. The second-order valence-corrected chi connectivity index (χ2v) is 9.89. The van der Waals surface area contributed by atoms with Gasteiger partial charge in [0.2, 0.25) is 21.9 Å². The molecule has 174 valence electrons. The Morgan fingerprint density at radius 3 is 2.48 bits per heavy atom. The van der Waals surface area contributed by atoms with Gasteiger partial charge < -0.3 is 15.0 Å². The molecule has 0 atom stereocenters. The molecule has 9 nitrogen and oxygen atoms in total. The summed E-state index contributed by atoms with van der Waals surface area (Å²) in [5.41, 5.74) is 1.96. The van der Waals surface area contributed by atoms with Gasteiger partial charge in [0.05, 0.1) is 11.5 Å². The van der Waals surface area contributed by atoms with Gasteiger partial charge in [0.1, 0.15) is 0 Å². The van der Waals surface area contributed by atoms with E-state index in [2.05, 4.69) is 20.3 Å². The first-order chi connectivity index (χ1) is 15.8.